The molecule has 1 amide bonds. The first kappa shape index (κ1) is 22.9. The fraction of sp³-hybridized carbons (Fsp3) is 0.500. The van der Waals surface area contributed by atoms with E-state index >= 15 is 4.39 Å². The Balaban J connectivity index is 1.63. The van der Waals surface area contributed by atoms with Gasteiger partial charge < -0.3 is 21.1 Å². The standard InChI is InChI=1S/C22H31FN6O2/c1-3-29(11-16-6-4-15(2)5-7-16)22-20(23)21(26-14-27-22)25-10-17-8-9-28(12-18(17)30)13-19(24)31/h4-7,14,17-18,30H,3,8-13H2,1-2H3,(H2,24,31)(H,25,26,27). The second-order valence-corrected chi connectivity index (χ2v) is 8.06. The lowest BCUT2D eigenvalue weighted by Gasteiger charge is -2.35. The molecule has 2 atom stereocenters. The highest BCUT2D eigenvalue weighted by Gasteiger charge is 2.28. The Morgan fingerprint density at radius 1 is 1.35 bits per heavy atom. The van der Waals surface area contributed by atoms with Crippen molar-refractivity contribution in [2.24, 2.45) is 11.7 Å². The molecule has 1 aliphatic heterocycles. The first-order valence-corrected chi connectivity index (χ1v) is 10.6. The lowest BCUT2D eigenvalue weighted by atomic mass is 9.93. The molecule has 0 spiro atoms. The van der Waals surface area contributed by atoms with E-state index in [1.54, 1.807) is 0 Å². The van der Waals surface area contributed by atoms with Gasteiger partial charge in [0.15, 0.2) is 11.6 Å². The number of carbonyl (C=O) groups excluding carboxylic acids is 1. The number of nitrogens with one attached hydrogen (secondary N) is 1. The zero-order valence-electron chi connectivity index (χ0n) is 18.1. The first-order valence-electron chi connectivity index (χ1n) is 10.6. The molecule has 2 aromatic rings. The molecule has 1 aromatic carbocycles. The molecule has 3 rings (SSSR count). The normalized spacial score (nSPS) is 19.2. The van der Waals surface area contributed by atoms with Gasteiger partial charge in [-0.1, -0.05) is 29.8 Å². The molecule has 2 heterocycles. The molecule has 4 N–H and O–H groups in total. The summed E-state index contributed by atoms with van der Waals surface area (Å²) in [5.74, 6) is -0.615. The Morgan fingerprint density at radius 3 is 2.74 bits per heavy atom. The fourth-order valence-corrected chi connectivity index (χ4v) is 3.83. The van der Waals surface area contributed by atoms with E-state index < -0.39 is 17.8 Å². The van der Waals surface area contributed by atoms with E-state index in [1.807, 2.05) is 47.9 Å². The first-order chi connectivity index (χ1) is 14.9. The second kappa shape index (κ2) is 10.5. The van der Waals surface area contributed by atoms with Gasteiger partial charge in [-0.15, -0.1) is 0 Å². The molecular weight excluding hydrogens is 399 g/mol. The highest BCUT2D eigenvalue weighted by Crippen LogP contribution is 2.24. The number of aryl methyl sites for hydroxylation is 1. The summed E-state index contributed by atoms with van der Waals surface area (Å²) >= 11 is 0. The van der Waals surface area contributed by atoms with Crippen LogP contribution >= 0.6 is 0 Å². The summed E-state index contributed by atoms with van der Waals surface area (Å²) in [5, 5.41) is 13.4. The molecule has 0 bridgehead atoms. The van der Waals surface area contributed by atoms with Crippen LogP contribution in [0, 0.1) is 18.7 Å². The number of amides is 1. The highest BCUT2D eigenvalue weighted by atomic mass is 19.1. The Kier molecular flexibility index (Phi) is 7.75. The number of piperidine rings is 1. The molecule has 9 heteroatoms. The number of aromatic nitrogens is 2. The number of hydrogen-bond acceptors (Lipinski definition) is 7. The summed E-state index contributed by atoms with van der Waals surface area (Å²) in [6.07, 6.45) is 1.40. The summed E-state index contributed by atoms with van der Waals surface area (Å²) in [5.41, 5.74) is 7.48. The van der Waals surface area contributed by atoms with Crippen molar-refractivity contribution in [1.82, 2.24) is 14.9 Å². The smallest absolute Gasteiger partial charge is 0.231 e. The van der Waals surface area contributed by atoms with Crippen LogP contribution in [0.1, 0.15) is 24.5 Å². The van der Waals surface area contributed by atoms with Gasteiger partial charge in [-0.3, -0.25) is 9.69 Å². The van der Waals surface area contributed by atoms with Crippen LogP contribution < -0.4 is 16.0 Å². The van der Waals surface area contributed by atoms with Gasteiger partial charge in [0.1, 0.15) is 6.33 Å². The third-order valence-electron chi connectivity index (χ3n) is 5.66. The van der Waals surface area contributed by atoms with Crippen LogP contribution in [-0.4, -0.2) is 64.7 Å². The van der Waals surface area contributed by atoms with E-state index in [9.17, 15) is 9.90 Å². The van der Waals surface area contributed by atoms with E-state index in [-0.39, 0.29) is 24.1 Å². The maximum Gasteiger partial charge on any atom is 0.231 e. The molecule has 1 aliphatic rings. The Hall–Kier alpha value is -2.78. The lowest BCUT2D eigenvalue weighted by Crippen LogP contribution is -2.48. The number of aliphatic hydroxyl groups excluding tert-OH is 1. The van der Waals surface area contributed by atoms with Crippen LogP contribution in [0.3, 0.4) is 0 Å². The summed E-state index contributed by atoms with van der Waals surface area (Å²) in [6.45, 7) is 6.66. The minimum absolute atomic E-state index is 0.0724. The van der Waals surface area contributed by atoms with Crippen LogP contribution in [0.2, 0.25) is 0 Å². The predicted molar refractivity (Wildman–Crippen MR) is 118 cm³/mol. The van der Waals surface area contributed by atoms with Gasteiger partial charge >= 0.3 is 0 Å². The van der Waals surface area contributed by atoms with E-state index in [4.69, 9.17) is 5.73 Å². The zero-order chi connectivity index (χ0) is 22.4. The van der Waals surface area contributed by atoms with Crippen LogP contribution in [-0.2, 0) is 11.3 Å². The van der Waals surface area contributed by atoms with Crippen molar-refractivity contribution in [1.29, 1.82) is 0 Å². The van der Waals surface area contributed by atoms with Crippen LogP contribution in [0.4, 0.5) is 16.0 Å². The topological polar surface area (TPSA) is 108 Å². The van der Waals surface area contributed by atoms with Gasteiger partial charge in [-0.2, -0.15) is 4.39 Å². The number of aliphatic hydroxyl groups is 1. The van der Waals surface area contributed by atoms with Crippen molar-refractivity contribution in [3.05, 3.63) is 47.5 Å². The van der Waals surface area contributed by atoms with Crippen LogP contribution in [0.5, 0.6) is 0 Å². The largest absolute Gasteiger partial charge is 0.391 e. The molecule has 0 aliphatic carbocycles. The van der Waals surface area contributed by atoms with Gasteiger partial charge in [0.2, 0.25) is 11.7 Å². The van der Waals surface area contributed by atoms with E-state index in [0.29, 0.717) is 39.1 Å². The number of carbonyl (C=O) groups is 1. The van der Waals surface area contributed by atoms with Gasteiger partial charge in [-0.05, 0) is 32.4 Å². The maximum absolute atomic E-state index is 15.2. The van der Waals surface area contributed by atoms with Gasteiger partial charge in [0.05, 0.1) is 12.6 Å². The number of β-amino-alcohol motifs (C(OH)–C–C–N with tert-alkyl or cyclic N) is 1. The Bertz CT molecular complexity index is 879. The zero-order valence-corrected chi connectivity index (χ0v) is 18.1. The molecule has 1 fully saturated rings. The van der Waals surface area contributed by atoms with Crippen molar-refractivity contribution in [2.75, 3.05) is 42.9 Å². The summed E-state index contributed by atoms with van der Waals surface area (Å²) in [6, 6.07) is 8.13. The molecule has 8 nitrogen and oxygen atoms in total. The summed E-state index contributed by atoms with van der Waals surface area (Å²) < 4.78 is 15.2. The third-order valence-corrected chi connectivity index (χ3v) is 5.66. The van der Waals surface area contributed by atoms with Crippen molar-refractivity contribution >= 4 is 17.5 Å². The monoisotopic (exact) mass is 430 g/mol. The number of primary amides is 1. The number of anilines is 2. The molecule has 0 radical (unpaired) electrons. The average molecular weight is 431 g/mol. The van der Waals surface area contributed by atoms with E-state index in [0.717, 1.165) is 5.56 Å². The molecule has 1 aromatic heterocycles. The van der Waals surface area contributed by atoms with Gasteiger partial charge in [0.25, 0.3) is 0 Å². The molecular formula is C22H31FN6O2. The van der Waals surface area contributed by atoms with Crippen molar-refractivity contribution in [3.63, 3.8) is 0 Å². The number of hydrogen-bond donors (Lipinski definition) is 3. The second-order valence-electron chi connectivity index (χ2n) is 8.06. The molecule has 168 valence electrons. The van der Waals surface area contributed by atoms with Crippen LogP contribution in [0.25, 0.3) is 0 Å². The quantitative estimate of drug-likeness (QED) is 0.554. The lowest BCUT2D eigenvalue weighted by molar-refractivity contribution is -0.120. The third kappa shape index (κ3) is 6.11. The van der Waals surface area contributed by atoms with E-state index in [1.165, 1.54) is 11.9 Å². The van der Waals surface area contributed by atoms with Gasteiger partial charge in [-0.25, -0.2) is 9.97 Å². The number of nitrogens with zero attached hydrogens (tertiary/aromatic N) is 4. The number of likely N-dealkylation sites (tertiary alicyclic amines) is 1. The van der Waals surface area contributed by atoms with Crippen molar-refractivity contribution < 1.29 is 14.3 Å². The highest BCUT2D eigenvalue weighted by molar-refractivity contribution is 5.75. The minimum atomic E-state index is -0.626. The molecule has 1 saturated heterocycles. The number of rotatable bonds is 9. The summed E-state index contributed by atoms with van der Waals surface area (Å²) in [4.78, 5) is 23.0. The number of halogens is 1. The SMILES string of the molecule is CCN(Cc1ccc(C)cc1)c1ncnc(NCC2CCN(CC(N)=O)CC2O)c1F. The Labute approximate surface area is 182 Å². The van der Waals surface area contributed by atoms with Gasteiger partial charge in [0, 0.05) is 32.1 Å². The number of nitrogens with two attached hydrogens (primary N) is 1. The molecule has 0 saturated carbocycles. The molecule has 2 unspecified atom stereocenters. The van der Waals surface area contributed by atoms with E-state index in [2.05, 4.69) is 15.3 Å². The van der Waals surface area contributed by atoms with Crippen LogP contribution in [0.15, 0.2) is 30.6 Å². The maximum atomic E-state index is 15.2. The number of benzene rings is 1. The summed E-state index contributed by atoms with van der Waals surface area (Å²) in [7, 11) is 0. The van der Waals surface area contributed by atoms with Crippen molar-refractivity contribution in [2.45, 2.75) is 32.9 Å². The fourth-order valence-electron chi connectivity index (χ4n) is 3.83. The van der Waals surface area contributed by atoms with Crippen molar-refractivity contribution in [3.8, 4) is 0 Å². The predicted octanol–water partition coefficient (Wildman–Crippen LogP) is 1.53. The molecule has 31 heavy (non-hydrogen) atoms. The Morgan fingerprint density at radius 2 is 2.10 bits per heavy atom. The average Bonchev–Trinajstić information content (AvgIpc) is 2.73. The minimum Gasteiger partial charge on any atom is -0.391 e.